The van der Waals surface area contributed by atoms with Gasteiger partial charge in [0.15, 0.2) is 0 Å². The third-order valence-corrected chi connectivity index (χ3v) is 3.40. The van der Waals surface area contributed by atoms with E-state index in [-0.39, 0.29) is 12.3 Å². The number of carbonyl (C=O) groups is 2. The second-order valence-corrected chi connectivity index (χ2v) is 5.34. The topological polar surface area (TPSA) is 100 Å². The van der Waals surface area contributed by atoms with E-state index in [0.717, 1.165) is 0 Å². The summed E-state index contributed by atoms with van der Waals surface area (Å²) < 4.78 is 5.04. The molecule has 0 radical (unpaired) electrons. The minimum atomic E-state index is -0.513. The average molecular weight is 362 g/mol. The summed E-state index contributed by atoms with van der Waals surface area (Å²) in [5.74, 6) is -0.377. The Labute approximate surface area is 149 Å². The molecular weight excluding hydrogens is 346 g/mol. The van der Waals surface area contributed by atoms with Gasteiger partial charge in [0.1, 0.15) is 11.5 Å². The molecule has 8 heteroatoms. The van der Waals surface area contributed by atoms with Crippen molar-refractivity contribution in [2.75, 3.05) is 13.7 Å². The molecule has 0 aliphatic heterocycles. The number of aromatic hydroxyl groups is 1. The van der Waals surface area contributed by atoms with Gasteiger partial charge in [-0.1, -0.05) is 11.6 Å². The van der Waals surface area contributed by atoms with Crippen LogP contribution in [0.4, 0.5) is 0 Å². The molecule has 25 heavy (non-hydrogen) atoms. The number of nitrogens with zero attached hydrogens (tertiary/aromatic N) is 1. The van der Waals surface area contributed by atoms with Crippen molar-refractivity contribution in [2.24, 2.45) is 5.10 Å². The van der Waals surface area contributed by atoms with Crippen LogP contribution in [-0.4, -0.2) is 36.8 Å². The fraction of sp³-hybridized carbons (Fsp3) is 0.118. The van der Waals surface area contributed by atoms with Gasteiger partial charge in [-0.05, 0) is 42.5 Å². The van der Waals surface area contributed by atoms with Crippen molar-refractivity contribution < 1.29 is 19.4 Å². The average Bonchev–Trinajstić information content (AvgIpc) is 2.62. The van der Waals surface area contributed by atoms with Crippen LogP contribution in [0, 0.1) is 0 Å². The van der Waals surface area contributed by atoms with E-state index in [4.69, 9.17) is 16.3 Å². The lowest BCUT2D eigenvalue weighted by Crippen LogP contribution is -2.34. The van der Waals surface area contributed by atoms with Gasteiger partial charge in [-0.3, -0.25) is 9.59 Å². The summed E-state index contributed by atoms with van der Waals surface area (Å²) in [6.45, 7) is -0.247. The molecule has 2 amide bonds. The Morgan fingerprint density at radius 1 is 1.24 bits per heavy atom. The number of phenolic OH excluding ortho intramolecular Hbond substituents is 1. The molecule has 0 unspecified atom stereocenters. The lowest BCUT2D eigenvalue weighted by molar-refractivity contribution is -0.120. The van der Waals surface area contributed by atoms with Gasteiger partial charge >= 0.3 is 0 Å². The highest BCUT2D eigenvalue weighted by Crippen LogP contribution is 2.20. The highest BCUT2D eigenvalue weighted by atomic mass is 35.5. The Morgan fingerprint density at radius 3 is 2.64 bits per heavy atom. The Bertz CT molecular complexity index is 791. The highest BCUT2D eigenvalue weighted by Gasteiger charge is 2.07. The van der Waals surface area contributed by atoms with Crippen LogP contribution in [0.5, 0.6) is 11.5 Å². The van der Waals surface area contributed by atoms with Gasteiger partial charge < -0.3 is 15.2 Å². The maximum atomic E-state index is 11.9. The molecule has 2 aromatic rings. The van der Waals surface area contributed by atoms with Crippen LogP contribution >= 0.6 is 11.6 Å². The molecule has 0 heterocycles. The maximum Gasteiger partial charge on any atom is 0.259 e. The van der Waals surface area contributed by atoms with Crippen molar-refractivity contribution in [3.8, 4) is 11.5 Å². The number of hydrogen-bond acceptors (Lipinski definition) is 5. The zero-order chi connectivity index (χ0) is 18.2. The SMILES string of the molecule is COc1ccc(O)c(/C=N\NC(=O)CNC(=O)c2ccc(Cl)cc2)c1. The van der Waals surface area contributed by atoms with Gasteiger partial charge in [0.05, 0.1) is 19.9 Å². The number of carbonyl (C=O) groups excluding carboxylic acids is 2. The van der Waals surface area contributed by atoms with E-state index in [9.17, 15) is 14.7 Å². The van der Waals surface area contributed by atoms with Gasteiger partial charge in [0, 0.05) is 16.1 Å². The third kappa shape index (κ3) is 5.50. The summed E-state index contributed by atoms with van der Waals surface area (Å²) in [5.41, 5.74) is 3.02. The van der Waals surface area contributed by atoms with E-state index in [1.807, 2.05) is 0 Å². The van der Waals surface area contributed by atoms with Crippen LogP contribution in [0.2, 0.25) is 5.02 Å². The van der Waals surface area contributed by atoms with Crippen molar-refractivity contribution in [2.45, 2.75) is 0 Å². The number of benzene rings is 2. The zero-order valence-corrected chi connectivity index (χ0v) is 14.1. The summed E-state index contributed by atoms with van der Waals surface area (Å²) in [7, 11) is 1.50. The lowest BCUT2D eigenvalue weighted by atomic mass is 10.2. The molecule has 7 nitrogen and oxygen atoms in total. The Kier molecular flexibility index (Phi) is 6.36. The molecule has 0 bridgehead atoms. The minimum Gasteiger partial charge on any atom is -0.507 e. The Balaban J connectivity index is 1.84. The smallest absolute Gasteiger partial charge is 0.259 e. The Hall–Kier alpha value is -3.06. The molecule has 0 saturated carbocycles. The summed E-state index contributed by atoms with van der Waals surface area (Å²) in [5, 5.41) is 16.4. The van der Waals surface area contributed by atoms with Crippen LogP contribution in [0.15, 0.2) is 47.6 Å². The van der Waals surface area contributed by atoms with Gasteiger partial charge in [-0.2, -0.15) is 5.10 Å². The number of nitrogens with one attached hydrogen (secondary N) is 2. The van der Waals surface area contributed by atoms with Gasteiger partial charge in [0.25, 0.3) is 11.8 Å². The Morgan fingerprint density at radius 2 is 1.96 bits per heavy atom. The fourth-order valence-electron chi connectivity index (χ4n) is 1.84. The maximum absolute atomic E-state index is 11.9. The summed E-state index contributed by atoms with van der Waals surface area (Å²) >= 11 is 5.74. The first-order chi connectivity index (χ1) is 12.0. The number of rotatable bonds is 6. The molecule has 0 fully saturated rings. The van der Waals surface area contributed by atoms with Crippen LogP contribution < -0.4 is 15.5 Å². The predicted molar refractivity (Wildman–Crippen MR) is 94.2 cm³/mol. The number of hydrazone groups is 1. The molecule has 0 spiro atoms. The van der Waals surface area contributed by atoms with Crippen molar-refractivity contribution in [3.05, 3.63) is 58.6 Å². The van der Waals surface area contributed by atoms with E-state index < -0.39 is 11.8 Å². The van der Waals surface area contributed by atoms with E-state index >= 15 is 0 Å². The molecule has 2 rings (SSSR count). The van der Waals surface area contributed by atoms with Crippen LogP contribution in [0.3, 0.4) is 0 Å². The summed E-state index contributed by atoms with van der Waals surface area (Å²) in [4.78, 5) is 23.5. The molecule has 0 saturated heterocycles. The second kappa shape index (κ2) is 8.70. The molecule has 3 N–H and O–H groups in total. The minimum absolute atomic E-state index is 0.00478. The van der Waals surface area contributed by atoms with Crippen molar-refractivity contribution in [3.63, 3.8) is 0 Å². The third-order valence-electron chi connectivity index (χ3n) is 3.14. The predicted octanol–water partition coefficient (Wildman–Crippen LogP) is 1.93. The molecule has 0 atom stereocenters. The van der Waals surface area contributed by atoms with E-state index in [1.54, 1.807) is 36.4 Å². The number of phenols is 1. The molecule has 0 aliphatic carbocycles. The zero-order valence-electron chi connectivity index (χ0n) is 13.3. The highest BCUT2D eigenvalue weighted by molar-refractivity contribution is 6.30. The first-order valence-electron chi connectivity index (χ1n) is 7.22. The first-order valence-corrected chi connectivity index (χ1v) is 7.60. The normalized spacial score (nSPS) is 10.5. The molecule has 0 aromatic heterocycles. The quantitative estimate of drug-likeness (QED) is 0.540. The van der Waals surface area contributed by atoms with Gasteiger partial charge in [-0.25, -0.2) is 5.43 Å². The molecular formula is C17H16ClN3O4. The molecule has 0 aliphatic rings. The largest absolute Gasteiger partial charge is 0.507 e. The standard InChI is InChI=1S/C17H16ClN3O4/c1-25-14-6-7-15(22)12(8-14)9-20-21-16(23)10-19-17(24)11-2-4-13(18)5-3-11/h2-9,22H,10H2,1H3,(H,19,24)(H,21,23)/b20-9-. The van der Waals surface area contributed by atoms with Gasteiger partial charge in [-0.15, -0.1) is 0 Å². The van der Waals surface area contributed by atoms with Crippen LogP contribution in [0.25, 0.3) is 0 Å². The second-order valence-electron chi connectivity index (χ2n) is 4.91. The summed E-state index contributed by atoms with van der Waals surface area (Å²) in [6, 6.07) is 10.9. The van der Waals surface area contributed by atoms with E-state index in [1.165, 1.54) is 19.4 Å². The fourth-order valence-corrected chi connectivity index (χ4v) is 1.97. The van der Waals surface area contributed by atoms with Crippen molar-refractivity contribution in [1.29, 1.82) is 0 Å². The molecule has 130 valence electrons. The number of amides is 2. The van der Waals surface area contributed by atoms with Crippen LogP contribution in [0.1, 0.15) is 15.9 Å². The lowest BCUT2D eigenvalue weighted by Gasteiger charge is -2.05. The molecule has 2 aromatic carbocycles. The van der Waals surface area contributed by atoms with Crippen molar-refractivity contribution >= 4 is 29.6 Å². The monoisotopic (exact) mass is 361 g/mol. The number of hydrogen-bond donors (Lipinski definition) is 3. The van der Waals surface area contributed by atoms with E-state index in [0.29, 0.717) is 21.9 Å². The number of ether oxygens (including phenoxy) is 1. The summed E-state index contributed by atoms with van der Waals surface area (Å²) in [6.07, 6.45) is 1.27. The van der Waals surface area contributed by atoms with Crippen molar-refractivity contribution in [1.82, 2.24) is 10.7 Å². The van der Waals surface area contributed by atoms with Crippen LogP contribution in [-0.2, 0) is 4.79 Å². The van der Waals surface area contributed by atoms with Gasteiger partial charge in [0.2, 0.25) is 0 Å². The van der Waals surface area contributed by atoms with E-state index in [2.05, 4.69) is 15.8 Å². The first kappa shape index (κ1) is 18.3. The number of methoxy groups -OCH3 is 1. The number of halogens is 1.